The van der Waals surface area contributed by atoms with E-state index in [0.29, 0.717) is 19.2 Å². The molecule has 0 saturated carbocycles. The molecule has 27 heavy (non-hydrogen) atoms. The minimum Gasteiger partial charge on any atom is -0.207 e. The number of nitrogens with zero attached hydrogens (tertiary/aromatic N) is 3. The highest BCUT2D eigenvalue weighted by Gasteiger charge is 2.36. The lowest BCUT2D eigenvalue weighted by atomic mass is 10.2. The van der Waals surface area contributed by atoms with Crippen LogP contribution in [0.4, 0.5) is 13.2 Å². The largest absolute Gasteiger partial charge is 0.416 e. The fraction of sp³-hybridized carbons (Fsp3) is 0.600. The van der Waals surface area contributed by atoms with Crippen molar-refractivity contribution in [3.8, 4) is 0 Å². The van der Waals surface area contributed by atoms with E-state index in [1.54, 1.807) is 13.8 Å². The topological polar surface area (TPSA) is 78.0 Å². The van der Waals surface area contributed by atoms with Crippen LogP contribution in [0.5, 0.6) is 0 Å². The minimum atomic E-state index is -4.65. The van der Waals surface area contributed by atoms with Gasteiger partial charge < -0.3 is 0 Å². The zero-order valence-electron chi connectivity index (χ0n) is 15.0. The van der Waals surface area contributed by atoms with Gasteiger partial charge in [0.2, 0.25) is 10.0 Å². The van der Waals surface area contributed by atoms with Gasteiger partial charge in [0, 0.05) is 39.3 Å². The van der Waals surface area contributed by atoms with Crippen LogP contribution in [-0.2, 0) is 26.4 Å². The van der Waals surface area contributed by atoms with Crippen molar-refractivity contribution in [2.45, 2.75) is 24.9 Å². The average Bonchev–Trinajstić information content (AvgIpc) is 2.62. The molecule has 0 atom stereocenters. The second-order valence-corrected chi connectivity index (χ2v) is 9.79. The number of rotatable bonds is 6. The number of halogens is 3. The van der Waals surface area contributed by atoms with E-state index in [0.717, 1.165) is 22.5 Å². The van der Waals surface area contributed by atoms with Crippen LogP contribution in [0.25, 0.3) is 0 Å². The maximum Gasteiger partial charge on any atom is 0.416 e. The Bertz CT molecular complexity index is 861. The first kappa shape index (κ1) is 22.1. The Morgan fingerprint density at radius 3 is 1.96 bits per heavy atom. The molecule has 2 rings (SSSR count). The van der Waals surface area contributed by atoms with Gasteiger partial charge in [-0.1, -0.05) is 19.9 Å². The van der Waals surface area contributed by atoms with Crippen LogP contribution in [-0.4, -0.2) is 69.0 Å². The summed E-state index contributed by atoms with van der Waals surface area (Å²) in [5.74, 6) is 0. The normalized spacial score (nSPS) is 18.1. The fourth-order valence-corrected chi connectivity index (χ4v) is 5.91. The molecule has 0 amide bonds. The number of hydrogen-bond donors (Lipinski definition) is 0. The lowest BCUT2D eigenvalue weighted by molar-refractivity contribution is -0.137. The maximum absolute atomic E-state index is 12.8. The zero-order valence-corrected chi connectivity index (χ0v) is 16.6. The van der Waals surface area contributed by atoms with Crippen LogP contribution in [0.2, 0.25) is 0 Å². The molecule has 0 N–H and O–H groups in total. The maximum atomic E-state index is 12.8. The first-order valence-electron chi connectivity index (χ1n) is 8.37. The standard InChI is InChI=1S/C15H22F3N3O4S2/c1-3-19(4-2)27(24,25)21-10-8-20(9-11-21)26(22,23)14-7-5-6-13(12-14)15(16,17)18/h5-7,12H,3-4,8-11H2,1-2H3. The molecule has 1 aromatic rings. The van der Waals surface area contributed by atoms with E-state index in [1.165, 1.54) is 8.61 Å². The van der Waals surface area contributed by atoms with Crippen molar-refractivity contribution in [2.75, 3.05) is 39.3 Å². The summed E-state index contributed by atoms with van der Waals surface area (Å²) in [6.07, 6.45) is -4.65. The molecule has 7 nitrogen and oxygen atoms in total. The smallest absolute Gasteiger partial charge is 0.207 e. The fourth-order valence-electron chi connectivity index (χ4n) is 2.84. The number of alkyl halides is 3. The van der Waals surface area contributed by atoms with Crippen molar-refractivity contribution in [1.29, 1.82) is 0 Å². The molecule has 0 aliphatic carbocycles. The lowest BCUT2D eigenvalue weighted by Crippen LogP contribution is -2.54. The van der Waals surface area contributed by atoms with Crippen molar-refractivity contribution in [3.05, 3.63) is 29.8 Å². The third kappa shape index (κ3) is 4.62. The van der Waals surface area contributed by atoms with Gasteiger partial charge in [0.1, 0.15) is 0 Å². The quantitative estimate of drug-likeness (QED) is 0.688. The molecule has 0 unspecified atom stereocenters. The number of hydrogen-bond acceptors (Lipinski definition) is 4. The van der Waals surface area contributed by atoms with Gasteiger partial charge in [-0.3, -0.25) is 0 Å². The summed E-state index contributed by atoms with van der Waals surface area (Å²) in [7, 11) is -7.83. The summed E-state index contributed by atoms with van der Waals surface area (Å²) in [5, 5.41) is 0. The van der Waals surface area contributed by atoms with Crippen molar-refractivity contribution in [3.63, 3.8) is 0 Å². The van der Waals surface area contributed by atoms with Crippen molar-refractivity contribution < 1.29 is 30.0 Å². The monoisotopic (exact) mass is 429 g/mol. The second kappa shape index (κ2) is 8.03. The molecule has 0 aromatic heterocycles. The Morgan fingerprint density at radius 1 is 0.963 bits per heavy atom. The number of sulfonamides is 1. The van der Waals surface area contributed by atoms with Crippen LogP contribution in [0.3, 0.4) is 0 Å². The first-order chi connectivity index (χ1) is 12.4. The van der Waals surface area contributed by atoms with Gasteiger partial charge in [-0.15, -0.1) is 0 Å². The first-order valence-corrected chi connectivity index (χ1v) is 11.2. The molecular formula is C15H22F3N3O4S2. The Hall–Kier alpha value is -1.21. The van der Waals surface area contributed by atoms with Gasteiger partial charge in [0.25, 0.3) is 10.2 Å². The number of benzene rings is 1. The summed E-state index contributed by atoms with van der Waals surface area (Å²) >= 11 is 0. The van der Waals surface area contributed by atoms with Crippen LogP contribution >= 0.6 is 0 Å². The van der Waals surface area contributed by atoms with Crippen molar-refractivity contribution >= 4 is 20.2 Å². The minimum absolute atomic E-state index is 0.0585. The molecule has 1 aromatic carbocycles. The van der Waals surface area contributed by atoms with E-state index in [9.17, 15) is 30.0 Å². The lowest BCUT2D eigenvalue weighted by Gasteiger charge is -2.35. The highest BCUT2D eigenvalue weighted by Crippen LogP contribution is 2.31. The molecule has 0 bridgehead atoms. The van der Waals surface area contributed by atoms with E-state index in [2.05, 4.69) is 0 Å². The number of piperazine rings is 1. The van der Waals surface area contributed by atoms with Crippen LogP contribution in [0.15, 0.2) is 29.2 Å². The van der Waals surface area contributed by atoms with Gasteiger partial charge in [-0.25, -0.2) is 8.42 Å². The van der Waals surface area contributed by atoms with E-state index < -0.39 is 36.9 Å². The molecule has 154 valence electrons. The van der Waals surface area contributed by atoms with E-state index in [1.807, 2.05) is 0 Å². The molecular weight excluding hydrogens is 407 g/mol. The van der Waals surface area contributed by atoms with Gasteiger partial charge in [-0.05, 0) is 18.2 Å². The Balaban J connectivity index is 2.18. The summed E-state index contributed by atoms with van der Waals surface area (Å²) in [6, 6.07) is 3.53. The molecule has 0 spiro atoms. The van der Waals surface area contributed by atoms with E-state index in [4.69, 9.17) is 0 Å². The predicted octanol–water partition coefficient (Wildman–Crippen LogP) is 1.60. The predicted molar refractivity (Wildman–Crippen MR) is 93.6 cm³/mol. The summed E-state index contributed by atoms with van der Waals surface area (Å²) in [6.45, 7) is 3.63. The average molecular weight is 429 g/mol. The van der Waals surface area contributed by atoms with Crippen LogP contribution in [0.1, 0.15) is 19.4 Å². The highest BCUT2D eigenvalue weighted by molar-refractivity contribution is 7.89. The summed E-state index contributed by atoms with van der Waals surface area (Å²) in [5.41, 5.74) is -1.05. The van der Waals surface area contributed by atoms with E-state index >= 15 is 0 Å². The third-order valence-corrected chi connectivity index (χ3v) is 8.44. The van der Waals surface area contributed by atoms with Crippen molar-refractivity contribution in [2.24, 2.45) is 0 Å². The SMILES string of the molecule is CCN(CC)S(=O)(=O)N1CCN(S(=O)(=O)c2cccc(C(F)(F)F)c2)CC1. The molecule has 0 radical (unpaired) electrons. The van der Waals surface area contributed by atoms with Gasteiger partial charge in [0.15, 0.2) is 0 Å². The molecule has 1 fully saturated rings. The van der Waals surface area contributed by atoms with Crippen LogP contribution in [0, 0.1) is 0 Å². The van der Waals surface area contributed by atoms with Crippen LogP contribution < -0.4 is 0 Å². The summed E-state index contributed by atoms with van der Waals surface area (Å²) < 4.78 is 92.3. The highest BCUT2D eigenvalue weighted by atomic mass is 32.2. The van der Waals surface area contributed by atoms with Crippen molar-refractivity contribution in [1.82, 2.24) is 12.9 Å². The Labute approximate surface area is 157 Å². The summed E-state index contributed by atoms with van der Waals surface area (Å²) in [4.78, 5) is -0.461. The second-order valence-electron chi connectivity index (χ2n) is 5.92. The third-order valence-electron chi connectivity index (χ3n) is 4.35. The molecule has 1 aliphatic heterocycles. The van der Waals surface area contributed by atoms with Gasteiger partial charge >= 0.3 is 6.18 Å². The van der Waals surface area contributed by atoms with Gasteiger partial charge in [-0.2, -0.15) is 34.5 Å². The molecule has 12 heteroatoms. The van der Waals surface area contributed by atoms with Gasteiger partial charge in [0.05, 0.1) is 10.5 Å². The molecule has 1 aliphatic rings. The molecule has 1 saturated heterocycles. The Kier molecular flexibility index (Phi) is 6.57. The Morgan fingerprint density at radius 2 is 1.48 bits per heavy atom. The van der Waals surface area contributed by atoms with E-state index in [-0.39, 0.29) is 26.2 Å². The zero-order chi connectivity index (χ0) is 20.5. The molecule has 1 heterocycles.